The van der Waals surface area contributed by atoms with Gasteiger partial charge in [-0.25, -0.2) is 9.37 Å². The normalized spacial score (nSPS) is 15.9. The second kappa shape index (κ2) is 6.11. The van der Waals surface area contributed by atoms with Crippen molar-refractivity contribution in [3.63, 3.8) is 0 Å². The third-order valence-electron chi connectivity index (χ3n) is 4.83. The second-order valence-corrected chi connectivity index (χ2v) is 6.75. The maximum Gasteiger partial charge on any atom is 0.165 e. The summed E-state index contributed by atoms with van der Waals surface area (Å²) in [7, 11) is 2.15. The molecule has 1 aliphatic heterocycles. The summed E-state index contributed by atoms with van der Waals surface area (Å²) in [5.41, 5.74) is 4.61. The number of benzene rings is 1. The lowest BCUT2D eigenvalue weighted by molar-refractivity contribution is 0.311. The summed E-state index contributed by atoms with van der Waals surface area (Å²) in [4.78, 5) is 9.43. The van der Waals surface area contributed by atoms with Gasteiger partial charge in [0.05, 0.1) is 5.69 Å². The molecule has 0 aliphatic carbocycles. The van der Waals surface area contributed by atoms with Gasteiger partial charge in [0.2, 0.25) is 0 Å². The number of rotatable bonds is 2. The van der Waals surface area contributed by atoms with Gasteiger partial charge in [0.15, 0.2) is 5.65 Å². The Labute approximate surface area is 146 Å². The minimum Gasteiger partial charge on any atom is -0.354 e. The molecule has 1 saturated heterocycles. The minimum atomic E-state index is -0.236. The van der Waals surface area contributed by atoms with E-state index in [2.05, 4.69) is 22.9 Å². The molecule has 0 spiro atoms. The Morgan fingerprint density at radius 3 is 2.36 bits per heavy atom. The Hall–Kier alpha value is -2.47. The van der Waals surface area contributed by atoms with Crippen molar-refractivity contribution >= 4 is 11.5 Å². The van der Waals surface area contributed by atoms with Crippen LogP contribution in [-0.4, -0.2) is 52.7 Å². The van der Waals surface area contributed by atoms with Crippen LogP contribution in [0.15, 0.2) is 30.3 Å². The number of aryl methyl sites for hydroxylation is 2. The molecule has 25 heavy (non-hydrogen) atoms. The highest BCUT2D eigenvalue weighted by molar-refractivity contribution is 5.81. The molecule has 3 heterocycles. The smallest absolute Gasteiger partial charge is 0.165 e. The molecule has 0 bridgehead atoms. The maximum absolute atomic E-state index is 13.3. The number of hydrogen-bond acceptors (Lipinski definition) is 4. The fourth-order valence-electron chi connectivity index (χ4n) is 3.44. The Balaban J connectivity index is 1.87. The molecule has 1 aromatic carbocycles. The van der Waals surface area contributed by atoms with E-state index in [4.69, 9.17) is 10.1 Å². The van der Waals surface area contributed by atoms with E-state index in [0.29, 0.717) is 0 Å². The third-order valence-corrected chi connectivity index (χ3v) is 4.83. The van der Waals surface area contributed by atoms with Gasteiger partial charge in [-0.3, -0.25) is 0 Å². The van der Waals surface area contributed by atoms with E-state index in [1.807, 2.05) is 18.4 Å². The summed E-state index contributed by atoms with van der Waals surface area (Å²) >= 11 is 0. The lowest BCUT2D eigenvalue weighted by Crippen LogP contribution is -2.45. The number of nitrogens with zero attached hydrogens (tertiary/aromatic N) is 5. The molecular formula is C19H22FN5. The summed E-state index contributed by atoms with van der Waals surface area (Å²) in [6.07, 6.45) is 0. The molecule has 5 nitrogen and oxygen atoms in total. The fraction of sp³-hybridized carbons (Fsp3) is 0.368. The highest BCUT2D eigenvalue weighted by Gasteiger charge is 2.21. The van der Waals surface area contributed by atoms with E-state index >= 15 is 0 Å². The van der Waals surface area contributed by atoms with Gasteiger partial charge < -0.3 is 9.80 Å². The molecule has 0 unspecified atom stereocenters. The van der Waals surface area contributed by atoms with Crippen LogP contribution in [0.25, 0.3) is 16.8 Å². The quantitative estimate of drug-likeness (QED) is 0.719. The van der Waals surface area contributed by atoms with Gasteiger partial charge in [-0.05, 0) is 38.6 Å². The molecule has 0 radical (unpaired) electrons. The molecule has 1 aliphatic rings. The van der Waals surface area contributed by atoms with Crippen molar-refractivity contribution in [3.8, 4) is 11.1 Å². The monoisotopic (exact) mass is 339 g/mol. The van der Waals surface area contributed by atoms with Crippen LogP contribution >= 0.6 is 0 Å². The van der Waals surface area contributed by atoms with Crippen molar-refractivity contribution in [3.05, 3.63) is 47.5 Å². The van der Waals surface area contributed by atoms with E-state index in [-0.39, 0.29) is 5.82 Å². The molecule has 130 valence electrons. The maximum atomic E-state index is 13.3. The van der Waals surface area contributed by atoms with Crippen molar-refractivity contribution in [2.75, 3.05) is 38.1 Å². The summed E-state index contributed by atoms with van der Waals surface area (Å²) in [5, 5.41) is 4.75. The highest BCUT2D eigenvalue weighted by atomic mass is 19.1. The van der Waals surface area contributed by atoms with Gasteiger partial charge >= 0.3 is 0 Å². The molecule has 0 saturated carbocycles. The predicted octanol–water partition coefficient (Wildman–Crippen LogP) is 2.90. The van der Waals surface area contributed by atoms with Crippen LogP contribution in [-0.2, 0) is 0 Å². The summed E-state index contributed by atoms with van der Waals surface area (Å²) in [5.74, 6) is 0.840. The van der Waals surface area contributed by atoms with Crippen LogP contribution in [0.2, 0.25) is 0 Å². The number of likely N-dealkylation sites (N-methyl/N-ethyl adjacent to an activating group) is 1. The van der Waals surface area contributed by atoms with E-state index in [1.165, 1.54) is 12.1 Å². The first-order valence-corrected chi connectivity index (χ1v) is 8.59. The first-order valence-electron chi connectivity index (χ1n) is 8.59. The second-order valence-electron chi connectivity index (χ2n) is 6.75. The van der Waals surface area contributed by atoms with Gasteiger partial charge in [0.1, 0.15) is 11.6 Å². The van der Waals surface area contributed by atoms with Gasteiger partial charge in [-0.15, -0.1) is 0 Å². The fourth-order valence-corrected chi connectivity index (χ4v) is 3.44. The SMILES string of the molecule is Cc1cc(N2CCN(C)CC2)n2nc(C)c(-c3ccc(F)cc3)c2n1. The first-order chi connectivity index (χ1) is 12.0. The topological polar surface area (TPSA) is 36.7 Å². The zero-order chi connectivity index (χ0) is 17.6. The van der Waals surface area contributed by atoms with Gasteiger partial charge in [0, 0.05) is 43.5 Å². The van der Waals surface area contributed by atoms with Crippen molar-refractivity contribution < 1.29 is 4.39 Å². The zero-order valence-electron chi connectivity index (χ0n) is 14.8. The average Bonchev–Trinajstić information content (AvgIpc) is 2.92. The lowest BCUT2D eigenvalue weighted by Gasteiger charge is -2.34. The highest BCUT2D eigenvalue weighted by Crippen LogP contribution is 2.30. The number of halogens is 1. The number of anilines is 1. The lowest BCUT2D eigenvalue weighted by atomic mass is 10.1. The average molecular weight is 339 g/mol. The van der Waals surface area contributed by atoms with Crippen LogP contribution in [0.1, 0.15) is 11.4 Å². The Morgan fingerprint density at radius 2 is 1.68 bits per heavy atom. The van der Waals surface area contributed by atoms with Crippen LogP contribution in [0, 0.1) is 19.7 Å². The molecular weight excluding hydrogens is 317 g/mol. The van der Waals surface area contributed by atoms with Crippen molar-refractivity contribution in [2.24, 2.45) is 0 Å². The van der Waals surface area contributed by atoms with Gasteiger partial charge in [-0.1, -0.05) is 12.1 Å². The van der Waals surface area contributed by atoms with Crippen molar-refractivity contribution in [1.29, 1.82) is 0 Å². The number of hydrogen-bond donors (Lipinski definition) is 0. The molecule has 0 N–H and O–H groups in total. The van der Waals surface area contributed by atoms with Crippen molar-refractivity contribution in [1.82, 2.24) is 19.5 Å². The molecule has 4 rings (SSSR count). The number of aromatic nitrogens is 3. The minimum absolute atomic E-state index is 0.236. The molecule has 0 atom stereocenters. The van der Waals surface area contributed by atoms with Crippen LogP contribution in [0.4, 0.5) is 10.2 Å². The van der Waals surface area contributed by atoms with Crippen LogP contribution < -0.4 is 4.90 Å². The molecule has 0 amide bonds. The number of piperazine rings is 1. The standard InChI is InChI=1S/C19H22FN5/c1-13-12-17(24-10-8-23(3)9-11-24)25-19(21-13)18(14(2)22-25)15-4-6-16(20)7-5-15/h4-7,12H,8-11H2,1-3H3. The van der Waals surface area contributed by atoms with E-state index in [9.17, 15) is 4.39 Å². The van der Waals surface area contributed by atoms with Gasteiger partial charge in [-0.2, -0.15) is 9.61 Å². The first kappa shape index (κ1) is 16.0. The van der Waals surface area contributed by atoms with E-state index in [1.54, 1.807) is 12.1 Å². The molecule has 3 aromatic rings. The van der Waals surface area contributed by atoms with Crippen LogP contribution in [0.3, 0.4) is 0 Å². The molecule has 1 fully saturated rings. The van der Waals surface area contributed by atoms with Crippen LogP contribution in [0.5, 0.6) is 0 Å². The molecule has 6 heteroatoms. The Morgan fingerprint density at radius 1 is 1.00 bits per heavy atom. The largest absolute Gasteiger partial charge is 0.354 e. The summed E-state index contributed by atoms with van der Waals surface area (Å²) in [6, 6.07) is 8.64. The summed E-state index contributed by atoms with van der Waals surface area (Å²) in [6.45, 7) is 8.01. The van der Waals surface area contributed by atoms with Gasteiger partial charge in [0.25, 0.3) is 0 Å². The van der Waals surface area contributed by atoms with E-state index < -0.39 is 0 Å². The molecule has 2 aromatic heterocycles. The Bertz CT molecular complexity index is 908. The number of fused-ring (bicyclic) bond motifs is 1. The zero-order valence-corrected chi connectivity index (χ0v) is 14.8. The summed E-state index contributed by atoms with van der Waals surface area (Å²) < 4.78 is 15.2. The van der Waals surface area contributed by atoms with Crippen molar-refractivity contribution in [2.45, 2.75) is 13.8 Å². The van der Waals surface area contributed by atoms with E-state index in [0.717, 1.165) is 60.2 Å². The Kier molecular flexibility index (Phi) is 3.92. The third kappa shape index (κ3) is 2.87. The predicted molar refractivity (Wildman–Crippen MR) is 97.6 cm³/mol.